The number of pyridine rings is 1. The van der Waals surface area contributed by atoms with Gasteiger partial charge in [0.05, 0.1) is 15.1 Å². The van der Waals surface area contributed by atoms with Crippen LogP contribution in [0.25, 0.3) is 21.2 Å². The van der Waals surface area contributed by atoms with Gasteiger partial charge in [-0.3, -0.25) is 9.78 Å². The molecule has 2 N–H and O–H groups in total. The number of rotatable bonds is 6. The van der Waals surface area contributed by atoms with Crippen LogP contribution >= 0.6 is 22.9 Å². The van der Waals surface area contributed by atoms with E-state index in [1.54, 1.807) is 23.4 Å². The van der Waals surface area contributed by atoms with E-state index in [2.05, 4.69) is 10.3 Å². The van der Waals surface area contributed by atoms with Crippen LogP contribution in [0, 0.1) is 11.6 Å². The predicted molar refractivity (Wildman–Crippen MR) is 143 cm³/mol. The van der Waals surface area contributed by atoms with Crippen LogP contribution in [-0.2, 0) is 6.54 Å². The maximum Gasteiger partial charge on any atom is 0.266 e. The Morgan fingerprint density at radius 1 is 1.08 bits per heavy atom. The van der Waals surface area contributed by atoms with Gasteiger partial charge in [-0.15, -0.1) is 11.3 Å². The van der Waals surface area contributed by atoms with Crippen molar-refractivity contribution in [2.75, 3.05) is 7.05 Å². The fourth-order valence-corrected chi connectivity index (χ4v) is 6.53. The molecule has 0 bridgehead atoms. The van der Waals surface area contributed by atoms with Gasteiger partial charge in [-0.1, -0.05) is 17.7 Å². The zero-order valence-corrected chi connectivity index (χ0v) is 21.8. The molecule has 1 saturated carbocycles. The first-order valence-corrected chi connectivity index (χ1v) is 13.3. The summed E-state index contributed by atoms with van der Waals surface area (Å²) >= 11 is 7.35. The second kappa shape index (κ2) is 10.7. The molecule has 0 spiro atoms. The van der Waals surface area contributed by atoms with E-state index in [9.17, 15) is 18.7 Å². The van der Waals surface area contributed by atoms with E-state index in [4.69, 9.17) is 11.6 Å². The number of nitrogens with one attached hydrogen (secondary N) is 1. The molecular weight excluding hydrogens is 516 g/mol. The molecule has 37 heavy (non-hydrogen) atoms. The number of fused-ring (bicyclic) bond motifs is 1. The number of hydrogen-bond donors (Lipinski definition) is 2. The van der Waals surface area contributed by atoms with E-state index < -0.39 is 17.5 Å². The van der Waals surface area contributed by atoms with E-state index in [1.165, 1.54) is 0 Å². The molecule has 0 saturated heterocycles. The molecule has 1 fully saturated rings. The molecule has 0 aliphatic heterocycles. The number of amides is 1. The quantitative estimate of drug-likeness (QED) is 0.282. The molecular formula is C28H26ClF2N3O2S. The lowest BCUT2D eigenvalue weighted by Crippen LogP contribution is -2.44. The Hall–Kier alpha value is -3.07. The van der Waals surface area contributed by atoms with Gasteiger partial charge in [0.2, 0.25) is 0 Å². The van der Waals surface area contributed by atoms with Gasteiger partial charge in [-0.05, 0) is 80.3 Å². The number of aromatic hydroxyl groups is 1. The highest BCUT2D eigenvalue weighted by molar-refractivity contribution is 7.21. The van der Waals surface area contributed by atoms with Crippen LogP contribution in [0.15, 0.2) is 54.9 Å². The predicted octanol–water partition coefficient (Wildman–Crippen LogP) is 6.77. The zero-order chi connectivity index (χ0) is 26.1. The van der Waals surface area contributed by atoms with Crippen molar-refractivity contribution in [1.82, 2.24) is 15.2 Å². The van der Waals surface area contributed by atoms with Gasteiger partial charge < -0.3 is 15.3 Å². The van der Waals surface area contributed by atoms with Crippen molar-refractivity contribution in [2.45, 2.75) is 44.3 Å². The van der Waals surface area contributed by atoms with Crippen LogP contribution in [0.4, 0.5) is 8.78 Å². The van der Waals surface area contributed by atoms with E-state index in [0.29, 0.717) is 11.6 Å². The minimum atomic E-state index is -0.666. The summed E-state index contributed by atoms with van der Waals surface area (Å²) < 4.78 is 29.0. The average Bonchev–Trinajstić information content (AvgIpc) is 3.29. The Morgan fingerprint density at radius 3 is 2.46 bits per heavy atom. The first-order valence-electron chi connectivity index (χ1n) is 12.1. The molecule has 5 rings (SSSR count). The van der Waals surface area contributed by atoms with Crippen molar-refractivity contribution in [3.63, 3.8) is 0 Å². The number of hydrogen-bond acceptors (Lipinski definition) is 5. The number of carbonyl (C=O) groups excluding carboxylic acids is 1. The van der Waals surface area contributed by atoms with Crippen molar-refractivity contribution < 1.29 is 18.7 Å². The van der Waals surface area contributed by atoms with Gasteiger partial charge >= 0.3 is 0 Å². The smallest absolute Gasteiger partial charge is 0.266 e. The standard InChI is InChI=1S/C28H26ClF2N3O2S/c1-32-19-3-5-20(6-4-19)34(15-18-14-17(2-9-23(18)35)16-10-12-33-13-11-16)28(36)27-25(29)24-21(30)7-8-22(31)26(24)37-27/h2,7-14,19-20,32,35H,3-6,15H2,1H3/t19-,20-. The van der Waals surface area contributed by atoms with Gasteiger partial charge in [0.1, 0.15) is 22.3 Å². The van der Waals surface area contributed by atoms with Gasteiger partial charge in [0, 0.05) is 36.6 Å². The van der Waals surface area contributed by atoms with Crippen LogP contribution < -0.4 is 5.32 Å². The fourth-order valence-electron chi connectivity index (χ4n) is 5.03. The van der Waals surface area contributed by atoms with Crippen LogP contribution in [0.2, 0.25) is 5.02 Å². The first kappa shape index (κ1) is 25.6. The number of aromatic nitrogens is 1. The molecule has 5 nitrogen and oxygen atoms in total. The summed E-state index contributed by atoms with van der Waals surface area (Å²) in [5.41, 5.74) is 2.39. The van der Waals surface area contributed by atoms with E-state index >= 15 is 0 Å². The zero-order valence-electron chi connectivity index (χ0n) is 20.2. The lowest BCUT2D eigenvalue weighted by atomic mass is 9.89. The number of carbonyl (C=O) groups is 1. The van der Waals surface area contributed by atoms with Crippen molar-refractivity contribution in [2.24, 2.45) is 0 Å². The summed E-state index contributed by atoms with van der Waals surface area (Å²) in [5, 5.41) is 13.9. The minimum Gasteiger partial charge on any atom is -0.508 e. The van der Waals surface area contributed by atoms with Gasteiger partial charge in [-0.25, -0.2) is 8.78 Å². The first-order chi connectivity index (χ1) is 17.9. The maximum atomic E-state index is 14.5. The van der Waals surface area contributed by atoms with Crippen molar-refractivity contribution >= 4 is 38.9 Å². The summed E-state index contributed by atoms with van der Waals surface area (Å²) in [7, 11) is 1.93. The highest BCUT2D eigenvalue weighted by Crippen LogP contribution is 2.40. The summed E-state index contributed by atoms with van der Waals surface area (Å²) in [4.78, 5) is 19.8. The largest absolute Gasteiger partial charge is 0.508 e. The van der Waals surface area contributed by atoms with Gasteiger partial charge in [0.15, 0.2) is 0 Å². The normalized spacial score (nSPS) is 17.7. The Balaban J connectivity index is 1.54. The molecule has 2 aromatic carbocycles. The lowest BCUT2D eigenvalue weighted by Gasteiger charge is -2.37. The van der Waals surface area contributed by atoms with Crippen LogP contribution in [-0.4, -0.2) is 40.0 Å². The molecule has 1 aliphatic carbocycles. The summed E-state index contributed by atoms with van der Waals surface area (Å²) in [5.74, 6) is -1.61. The Kier molecular flexibility index (Phi) is 7.42. The number of phenols is 1. The third-order valence-electron chi connectivity index (χ3n) is 7.12. The molecule has 2 heterocycles. The van der Waals surface area contributed by atoms with Gasteiger partial charge in [0.25, 0.3) is 5.91 Å². The lowest BCUT2D eigenvalue weighted by molar-refractivity contribution is 0.0605. The number of phenolic OH excluding ortho intramolecular Hbond substituents is 1. The summed E-state index contributed by atoms with van der Waals surface area (Å²) in [6.45, 7) is 0.133. The van der Waals surface area contributed by atoms with E-state index in [1.807, 2.05) is 31.3 Å². The number of nitrogens with zero attached hydrogens (tertiary/aromatic N) is 2. The molecule has 1 aliphatic rings. The molecule has 9 heteroatoms. The highest BCUT2D eigenvalue weighted by atomic mass is 35.5. The third kappa shape index (κ3) is 5.06. The van der Waals surface area contributed by atoms with Crippen LogP contribution in [0.1, 0.15) is 40.9 Å². The third-order valence-corrected chi connectivity index (χ3v) is 8.79. The number of halogens is 3. The van der Waals surface area contributed by atoms with Crippen molar-refractivity contribution in [1.29, 1.82) is 0 Å². The summed E-state index contributed by atoms with van der Waals surface area (Å²) in [6.07, 6.45) is 6.68. The Morgan fingerprint density at radius 2 is 1.78 bits per heavy atom. The van der Waals surface area contributed by atoms with Gasteiger partial charge in [-0.2, -0.15) is 0 Å². The molecule has 4 aromatic rings. The molecule has 0 unspecified atom stereocenters. The minimum absolute atomic E-state index is 0.0229. The summed E-state index contributed by atoms with van der Waals surface area (Å²) in [6, 6.07) is 11.3. The monoisotopic (exact) mass is 541 g/mol. The average molecular weight is 542 g/mol. The molecule has 192 valence electrons. The number of benzene rings is 2. The van der Waals surface area contributed by atoms with Crippen LogP contribution in [0.5, 0.6) is 5.75 Å². The molecule has 2 aromatic heterocycles. The Labute approximate surface area is 222 Å². The SMILES string of the molecule is CN[C@H]1CC[C@H](N(Cc2cc(-c3ccncc3)ccc2O)C(=O)c2sc3c(F)ccc(F)c3c2Cl)CC1. The molecule has 1 amide bonds. The maximum absolute atomic E-state index is 14.5. The van der Waals surface area contributed by atoms with E-state index in [-0.39, 0.29) is 38.3 Å². The molecule has 0 radical (unpaired) electrons. The Bertz CT molecular complexity index is 1440. The van der Waals surface area contributed by atoms with E-state index in [0.717, 1.165) is 60.3 Å². The molecule has 0 atom stereocenters. The van der Waals surface area contributed by atoms with Crippen LogP contribution in [0.3, 0.4) is 0 Å². The van der Waals surface area contributed by atoms with Crippen molar-refractivity contribution in [3.05, 3.63) is 82.0 Å². The highest BCUT2D eigenvalue weighted by Gasteiger charge is 2.33. The number of thiophene rings is 1. The van der Waals surface area contributed by atoms with Crippen molar-refractivity contribution in [3.8, 4) is 16.9 Å². The second-order valence-corrected chi connectivity index (χ2v) is 10.7. The second-order valence-electron chi connectivity index (χ2n) is 9.29. The fraction of sp³-hybridized carbons (Fsp3) is 0.286. The topological polar surface area (TPSA) is 65.5 Å².